The van der Waals surface area contributed by atoms with Crippen LogP contribution in [0.3, 0.4) is 0 Å². The molecule has 82 valence electrons. The van der Waals surface area contributed by atoms with Crippen molar-refractivity contribution in [1.82, 2.24) is 14.9 Å². The Morgan fingerprint density at radius 1 is 1.20 bits per heavy atom. The van der Waals surface area contributed by atoms with Gasteiger partial charge in [0.05, 0.1) is 12.0 Å². The summed E-state index contributed by atoms with van der Waals surface area (Å²) in [6, 6.07) is 0.709. The first-order valence-electron chi connectivity index (χ1n) is 6.20. The van der Waals surface area contributed by atoms with E-state index in [0.29, 0.717) is 6.04 Å². The van der Waals surface area contributed by atoms with Gasteiger partial charge in [0.2, 0.25) is 0 Å². The van der Waals surface area contributed by atoms with Crippen LogP contribution in [0.25, 0.3) is 0 Å². The molecule has 1 aromatic rings. The summed E-state index contributed by atoms with van der Waals surface area (Å²) in [4.78, 5) is 4.57. The van der Waals surface area contributed by atoms with E-state index in [1.165, 1.54) is 49.9 Å². The monoisotopic (exact) mass is 205 g/mol. The minimum atomic E-state index is 0.709. The molecule has 3 heteroatoms. The highest BCUT2D eigenvalue weighted by Crippen LogP contribution is 2.26. The Kier molecular flexibility index (Phi) is 2.49. The fourth-order valence-corrected chi connectivity index (χ4v) is 2.89. The molecule has 0 spiro atoms. The van der Waals surface area contributed by atoms with Crippen molar-refractivity contribution in [3.05, 3.63) is 17.7 Å². The molecule has 1 fully saturated rings. The predicted octanol–water partition coefficient (Wildman–Crippen LogP) is 1.69. The molecule has 3 nitrogen and oxygen atoms in total. The minimum absolute atomic E-state index is 0.709. The number of rotatable bonds is 1. The standard InChI is InChI=1S/C12H19N3/c1-2-4-12-11(3-1)14-9-15(12)10-5-7-13-8-6-10/h9-10,13H,1-8H2. The van der Waals surface area contributed by atoms with Gasteiger partial charge < -0.3 is 9.88 Å². The highest BCUT2D eigenvalue weighted by Gasteiger charge is 2.21. The third-order valence-corrected chi connectivity index (χ3v) is 3.76. The second-order valence-electron chi connectivity index (χ2n) is 4.73. The van der Waals surface area contributed by atoms with Gasteiger partial charge in [-0.05, 0) is 51.6 Å². The van der Waals surface area contributed by atoms with Gasteiger partial charge in [-0.15, -0.1) is 0 Å². The Morgan fingerprint density at radius 2 is 2.00 bits per heavy atom. The Bertz CT molecular complexity index is 337. The molecule has 1 saturated heterocycles. The predicted molar refractivity (Wildman–Crippen MR) is 60.0 cm³/mol. The molecule has 1 aliphatic carbocycles. The first kappa shape index (κ1) is 9.40. The highest BCUT2D eigenvalue weighted by molar-refractivity contribution is 5.17. The van der Waals surface area contributed by atoms with Crippen LogP contribution in [0.15, 0.2) is 6.33 Å². The second kappa shape index (κ2) is 3.97. The third-order valence-electron chi connectivity index (χ3n) is 3.76. The van der Waals surface area contributed by atoms with Crippen molar-refractivity contribution in [1.29, 1.82) is 0 Å². The van der Waals surface area contributed by atoms with Crippen LogP contribution in [-0.2, 0) is 12.8 Å². The average Bonchev–Trinajstić information content (AvgIpc) is 2.74. The maximum absolute atomic E-state index is 4.57. The molecule has 0 amide bonds. The van der Waals surface area contributed by atoms with Crippen LogP contribution in [0, 0.1) is 0 Å². The smallest absolute Gasteiger partial charge is 0.0954 e. The number of aryl methyl sites for hydroxylation is 1. The van der Waals surface area contributed by atoms with Gasteiger partial charge in [0.1, 0.15) is 0 Å². The number of hydrogen-bond acceptors (Lipinski definition) is 2. The summed E-state index contributed by atoms with van der Waals surface area (Å²) in [6.45, 7) is 2.33. The zero-order valence-corrected chi connectivity index (χ0v) is 9.21. The second-order valence-corrected chi connectivity index (χ2v) is 4.73. The van der Waals surface area contributed by atoms with E-state index in [4.69, 9.17) is 0 Å². The van der Waals surface area contributed by atoms with Crippen LogP contribution in [-0.4, -0.2) is 22.6 Å². The van der Waals surface area contributed by atoms with Gasteiger partial charge in [-0.2, -0.15) is 0 Å². The fourth-order valence-electron chi connectivity index (χ4n) is 2.89. The van der Waals surface area contributed by atoms with Crippen molar-refractivity contribution in [3.63, 3.8) is 0 Å². The van der Waals surface area contributed by atoms with Crippen LogP contribution < -0.4 is 5.32 Å². The van der Waals surface area contributed by atoms with Crippen molar-refractivity contribution < 1.29 is 0 Å². The zero-order valence-electron chi connectivity index (χ0n) is 9.21. The number of hydrogen-bond donors (Lipinski definition) is 1. The lowest BCUT2D eigenvalue weighted by Gasteiger charge is -2.26. The summed E-state index contributed by atoms with van der Waals surface area (Å²) < 4.78 is 2.47. The number of aromatic nitrogens is 2. The molecule has 0 saturated carbocycles. The Hall–Kier alpha value is -0.830. The average molecular weight is 205 g/mol. The maximum atomic E-state index is 4.57. The SMILES string of the molecule is c1nc2c(n1C1CCNCC1)CCCC2. The van der Waals surface area contributed by atoms with Crippen molar-refractivity contribution >= 4 is 0 Å². The lowest BCUT2D eigenvalue weighted by molar-refractivity contribution is 0.358. The number of nitrogens with zero attached hydrogens (tertiary/aromatic N) is 2. The third kappa shape index (κ3) is 1.69. The van der Waals surface area contributed by atoms with E-state index >= 15 is 0 Å². The summed E-state index contributed by atoms with van der Waals surface area (Å²) in [5.74, 6) is 0. The van der Waals surface area contributed by atoms with Gasteiger partial charge >= 0.3 is 0 Å². The minimum Gasteiger partial charge on any atom is -0.331 e. The van der Waals surface area contributed by atoms with Gasteiger partial charge in [-0.3, -0.25) is 0 Å². The van der Waals surface area contributed by atoms with Crippen LogP contribution in [0.2, 0.25) is 0 Å². The van der Waals surface area contributed by atoms with E-state index in [1.54, 1.807) is 0 Å². The Balaban J connectivity index is 1.87. The fraction of sp³-hybridized carbons (Fsp3) is 0.750. The van der Waals surface area contributed by atoms with Gasteiger partial charge in [0.15, 0.2) is 0 Å². The quantitative estimate of drug-likeness (QED) is 0.756. The van der Waals surface area contributed by atoms with Crippen LogP contribution >= 0.6 is 0 Å². The molecule has 1 aromatic heterocycles. The first-order valence-corrected chi connectivity index (χ1v) is 6.20. The molecule has 3 rings (SSSR count). The molecule has 2 aliphatic rings. The number of piperidine rings is 1. The highest BCUT2D eigenvalue weighted by atomic mass is 15.1. The Labute approximate surface area is 90.9 Å². The summed E-state index contributed by atoms with van der Waals surface area (Å²) in [5.41, 5.74) is 2.91. The molecule has 0 unspecified atom stereocenters. The summed E-state index contributed by atoms with van der Waals surface area (Å²) in [5, 5.41) is 3.42. The van der Waals surface area contributed by atoms with Crippen LogP contribution in [0.5, 0.6) is 0 Å². The van der Waals surface area contributed by atoms with Gasteiger partial charge in [0, 0.05) is 11.7 Å². The summed E-state index contributed by atoms with van der Waals surface area (Å²) in [7, 11) is 0. The van der Waals surface area contributed by atoms with E-state index in [9.17, 15) is 0 Å². The van der Waals surface area contributed by atoms with E-state index in [1.807, 2.05) is 0 Å². The molecule has 0 bridgehead atoms. The van der Waals surface area contributed by atoms with E-state index in [0.717, 1.165) is 13.1 Å². The number of fused-ring (bicyclic) bond motifs is 1. The molecular weight excluding hydrogens is 186 g/mol. The van der Waals surface area contributed by atoms with Crippen molar-refractivity contribution in [2.75, 3.05) is 13.1 Å². The number of nitrogens with one attached hydrogen (secondary N) is 1. The van der Waals surface area contributed by atoms with Crippen molar-refractivity contribution in [2.45, 2.75) is 44.6 Å². The molecule has 1 aliphatic heterocycles. The van der Waals surface area contributed by atoms with Gasteiger partial charge in [-0.25, -0.2) is 4.98 Å². The lowest BCUT2D eigenvalue weighted by Crippen LogP contribution is -2.30. The zero-order chi connectivity index (χ0) is 10.1. The van der Waals surface area contributed by atoms with Crippen LogP contribution in [0.4, 0.5) is 0 Å². The molecule has 1 N–H and O–H groups in total. The van der Waals surface area contributed by atoms with E-state index in [2.05, 4.69) is 21.2 Å². The normalized spacial score (nSPS) is 22.7. The first-order chi connectivity index (χ1) is 7.45. The van der Waals surface area contributed by atoms with Crippen LogP contribution in [0.1, 0.15) is 43.1 Å². The summed E-state index contributed by atoms with van der Waals surface area (Å²) in [6.07, 6.45) is 9.75. The maximum Gasteiger partial charge on any atom is 0.0954 e. The largest absolute Gasteiger partial charge is 0.331 e. The van der Waals surface area contributed by atoms with Crippen molar-refractivity contribution in [2.24, 2.45) is 0 Å². The topological polar surface area (TPSA) is 29.9 Å². The van der Waals surface area contributed by atoms with E-state index in [-0.39, 0.29) is 0 Å². The Morgan fingerprint density at radius 3 is 2.87 bits per heavy atom. The molecule has 2 heterocycles. The summed E-state index contributed by atoms with van der Waals surface area (Å²) >= 11 is 0. The van der Waals surface area contributed by atoms with Gasteiger partial charge in [-0.1, -0.05) is 0 Å². The van der Waals surface area contributed by atoms with Crippen molar-refractivity contribution in [3.8, 4) is 0 Å². The molecule has 0 atom stereocenters. The lowest BCUT2D eigenvalue weighted by atomic mass is 9.99. The molecular formula is C12H19N3. The van der Waals surface area contributed by atoms with Gasteiger partial charge in [0.25, 0.3) is 0 Å². The molecule has 15 heavy (non-hydrogen) atoms. The molecule has 0 radical (unpaired) electrons. The van der Waals surface area contributed by atoms with E-state index < -0.39 is 0 Å². The molecule has 0 aromatic carbocycles. The number of imidazole rings is 1.